The third-order valence-corrected chi connectivity index (χ3v) is 4.02. The van der Waals surface area contributed by atoms with Crippen LogP contribution < -0.4 is 4.74 Å². The average molecular weight is 338 g/mol. The van der Waals surface area contributed by atoms with Gasteiger partial charge in [0.2, 0.25) is 5.88 Å². The van der Waals surface area contributed by atoms with E-state index >= 15 is 0 Å². The van der Waals surface area contributed by atoms with Crippen LogP contribution in [0.25, 0.3) is 17.1 Å². The number of rotatable bonds is 3. The molecule has 106 valence electrons. The molecule has 0 saturated carbocycles. The van der Waals surface area contributed by atoms with Gasteiger partial charge in [0.05, 0.1) is 17.3 Å². The highest BCUT2D eigenvalue weighted by Gasteiger charge is 2.22. The van der Waals surface area contributed by atoms with Crippen molar-refractivity contribution in [1.82, 2.24) is 14.8 Å². The van der Waals surface area contributed by atoms with Gasteiger partial charge in [0.1, 0.15) is 0 Å². The maximum Gasteiger partial charge on any atom is 0.229 e. The number of methoxy groups -OCH3 is 1. The molecule has 1 unspecified atom stereocenters. The van der Waals surface area contributed by atoms with E-state index < -0.39 is 0 Å². The minimum absolute atomic E-state index is 0.0571. The molecule has 6 heteroatoms. The molecule has 3 heterocycles. The highest BCUT2D eigenvalue weighted by molar-refractivity contribution is 9.10. The van der Waals surface area contributed by atoms with Crippen LogP contribution in [-0.4, -0.2) is 28.5 Å². The van der Waals surface area contributed by atoms with E-state index in [4.69, 9.17) is 9.47 Å². The number of nitrogens with zero attached hydrogens (tertiary/aromatic N) is 3. The summed E-state index contributed by atoms with van der Waals surface area (Å²) in [6.07, 6.45) is 4.88. The van der Waals surface area contributed by atoms with Crippen LogP contribution in [-0.2, 0) is 4.74 Å². The van der Waals surface area contributed by atoms with E-state index in [0.29, 0.717) is 5.88 Å². The molecule has 1 aliphatic rings. The predicted octanol–water partition coefficient (Wildman–Crippen LogP) is 3.54. The number of hydrogen-bond donors (Lipinski definition) is 0. The van der Waals surface area contributed by atoms with Crippen LogP contribution in [0.4, 0.5) is 0 Å². The van der Waals surface area contributed by atoms with Gasteiger partial charge in [0.25, 0.3) is 0 Å². The maximum atomic E-state index is 5.81. The van der Waals surface area contributed by atoms with Gasteiger partial charge in [-0.1, -0.05) is 6.58 Å². The molecule has 1 aliphatic heterocycles. The summed E-state index contributed by atoms with van der Waals surface area (Å²) in [6, 6.07) is 1.96. The Bertz CT molecular complexity index is 647. The lowest BCUT2D eigenvalue weighted by Gasteiger charge is -2.23. The monoisotopic (exact) mass is 337 g/mol. The number of ether oxygens (including phenoxy) is 2. The molecule has 0 aromatic carbocycles. The Morgan fingerprint density at radius 1 is 1.55 bits per heavy atom. The molecule has 0 N–H and O–H groups in total. The van der Waals surface area contributed by atoms with Crippen molar-refractivity contribution in [1.29, 1.82) is 0 Å². The van der Waals surface area contributed by atoms with E-state index in [-0.39, 0.29) is 6.23 Å². The number of fused-ring (bicyclic) bond motifs is 1. The smallest absolute Gasteiger partial charge is 0.229 e. The first-order chi connectivity index (χ1) is 9.74. The van der Waals surface area contributed by atoms with Gasteiger partial charge in [-0.25, -0.2) is 4.68 Å². The molecule has 0 radical (unpaired) electrons. The lowest BCUT2D eigenvalue weighted by molar-refractivity contribution is -0.0370. The zero-order chi connectivity index (χ0) is 14.1. The van der Waals surface area contributed by atoms with Crippen molar-refractivity contribution in [3.8, 4) is 5.88 Å². The molecule has 1 fully saturated rings. The summed E-state index contributed by atoms with van der Waals surface area (Å²) in [5, 5.41) is 5.53. The molecule has 0 spiro atoms. The Hall–Kier alpha value is -1.40. The quantitative estimate of drug-likeness (QED) is 0.859. The second-order valence-electron chi connectivity index (χ2n) is 4.71. The fraction of sp³-hybridized carbons (Fsp3) is 0.429. The van der Waals surface area contributed by atoms with Crippen LogP contribution >= 0.6 is 15.9 Å². The summed E-state index contributed by atoms with van der Waals surface area (Å²) in [5.74, 6) is 0.546. The van der Waals surface area contributed by atoms with Crippen molar-refractivity contribution in [2.24, 2.45) is 0 Å². The lowest BCUT2D eigenvalue weighted by Crippen LogP contribution is -2.19. The van der Waals surface area contributed by atoms with Crippen molar-refractivity contribution in [3.05, 3.63) is 22.8 Å². The second-order valence-corrected chi connectivity index (χ2v) is 5.56. The van der Waals surface area contributed by atoms with E-state index in [1.54, 1.807) is 13.2 Å². The van der Waals surface area contributed by atoms with Crippen LogP contribution in [0.5, 0.6) is 5.88 Å². The first-order valence-electron chi connectivity index (χ1n) is 6.61. The van der Waals surface area contributed by atoms with Gasteiger partial charge in [-0.2, -0.15) is 10.1 Å². The Balaban J connectivity index is 2.17. The summed E-state index contributed by atoms with van der Waals surface area (Å²) >= 11 is 3.46. The number of halogens is 1. The predicted molar refractivity (Wildman–Crippen MR) is 80.7 cm³/mol. The van der Waals surface area contributed by atoms with Gasteiger partial charge in [0, 0.05) is 12.0 Å². The minimum Gasteiger partial charge on any atom is -0.480 e. The first-order valence-corrected chi connectivity index (χ1v) is 7.40. The van der Waals surface area contributed by atoms with Crippen molar-refractivity contribution < 1.29 is 9.47 Å². The fourth-order valence-corrected chi connectivity index (χ4v) is 2.93. The summed E-state index contributed by atoms with van der Waals surface area (Å²) < 4.78 is 13.7. The molecule has 1 atom stereocenters. The number of hydrogen-bond acceptors (Lipinski definition) is 4. The third-order valence-electron chi connectivity index (χ3n) is 3.45. The van der Waals surface area contributed by atoms with E-state index in [9.17, 15) is 0 Å². The highest BCUT2D eigenvalue weighted by Crippen LogP contribution is 2.32. The molecule has 2 aromatic rings. The molecule has 20 heavy (non-hydrogen) atoms. The lowest BCUT2D eigenvalue weighted by atomic mass is 10.2. The Kier molecular flexibility index (Phi) is 3.76. The van der Waals surface area contributed by atoms with Crippen molar-refractivity contribution in [2.75, 3.05) is 13.7 Å². The zero-order valence-electron chi connectivity index (χ0n) is 11.3. The van der Waals surface area contributed by atoms with Crippen LogP contribution in [0.15, 0.2) is 17.1 Å². The average Bonchev–Trinajstić information content (AvgIpc) is 2.85. The van der Waals surface area contributed by atoms with Crippen molar-refractivity contribution >= 4 is 33.0 Å². The van der Waals surface area contributed by atoms with E-state index in [1.807, 2.05) is 10.7 Å². The fourth-order valence-electron chi connectivity index (χ4n) is 2.45. The van der Waals surface area contributed by atoms with Crippen molar-refractivity contribution in [2.45, 2.75) is 25.5 Å². The molecule has 0 aliphatic carbocycles. The largest absolute Gasteiger partial charge is 0.480 e. The molecule has 2 aromatic heterocycles. The maximum absolute atomic E-state index is 5.81. The van der Waals surface area contributed by atoms with Crippen LogP contribution in [0, 0.1) is 0 Å². The first kappa shape index (κ1) is 13.6. The van der Waals surface area contributed by atoms with Gasteiger partial charge >= 0.3 is 0 Å². The molecular formula is C14H16BrN3O2. The number of pyridine rings is 1. The van der Waals surface area contributed by atoms with Gasteiger partial charge < -0.3 is 9.47 Å². The third kappa shape index (κ3) is 2.23. The summed E-state index contributed by atoms with van der Waals surface area (Å²) in [7, 11) is 1.60. The van der Waals surface area contributed by atoms with Gasteiger partial charge in [0.15, 0.2) is 11.9 Å². The Labute approximate surface area is 125 Å². The summed E-state index contributed by atoms with van der Waals surface area (Å²) in [6.45, 7) is 4.59. The molecule has 0 amide bonds. The Morgan fingerprint density at radius 3 is 3.05 bits per heavy atom. The normalized spacial score (nSPS) is 19.2. The zero-order valence-corrected chi connectivity index (χ0v) is 12.9. The van der Waals surface area contributed by atoms with Crippen molar-refractivity contribution in [3.63, 3.8) is 0 Å². The van der Waals surface area contributed by atoms with Gasteiger partial charge in [-0.3, -0.25) is 0 Å². The van der Waals surface area contributed by atoms with E-state index in [2.05, 4.69) is 32.6 Å². The minimum atomic E-state index is -0.0571. The van der Waals surface area contributed by atoms with Gasteiger partial charge in [-0.05, 0) is 47.3 Å². The second kappa shape index (κ2) is 5.54. The van der Waals surface area contributed by atoms with E-state index in [1.165, 1.54) is 0 Å². The summed E-state index contributed by atoms with van der Waals surface area (Å²) in [4.78, 5) is 4.54. The van der Waals surface area contributed by atoms with Crippen LogP contribution in [0.1, 0.15) is 31.2 Å². The van der Waals surface area contributed by atoms with Crippen LogP contribution in [0.3, 0.4) is 0 Å². The molecule has 3 rings (SSSR count). The SMILES string of the molecule is C=Cc1nn(C2CCCCO2)c2nc(OC)c(Br)cc12. The Morgan fingerprint density at radius 2 is 2.40 bits per heavy atom. The molecule has 5 nitrogen and oxygen atoms in total. The topological polar surface area (TPSA) is 49.2 Å². The molecular weight excluding hydrogens is 322 g/mol. The number of aromatic nitrogens is 3. The highest BCUT2D eigenvalue weighted by atomic mass is 79.9. The molecule has 0 bridgehead atoms. The standard InChI is InChI=1S/C14H16BrN3O2/c1-3-11-9-8-10(15)14(19-2)16-13(9)18(17-11)12-6-4-5-7-20-12/h3,8,12H,1,4-7H2,2H3. The van der Waals surface area contributed by atoms with Crippen LogP contribution in [0.2, 0.25) is 0 Å². The van der Waals surface area contributed by atoms with E-state index in [0.717, 1.165) is 47.1 Å². The summed E-state index contributed by atoms with van der Waals surface area (Å²) in [5.41, 5.74) is 1.58. The van der Waals surface area contributed by atoms with Gasteiger partial charge in [-0.15, -0.1) is 0 Å². The molecule has 1 saturated heterocycles.